The van der Waals surface area contributed by atoms with Crippen LogP contribution in [-0.2, 0) is 15.5 Å². The summed E-state index contributed by atoms with van der Waals surface area (Å²) in [5.41, 5.74) is 1.01. The zero-order valence-corrected chi connectivity index (χ0v) is 15.5. The van der Waals surface area contributed by atoms with E-state index in [0.717, 1.165) is 5.56 Å². The molecular weight excluding hydrogens is 352 g/mol. The number of benzene rings is 3. The highest BCUT2D eigenvalue weighted by Crippen LogP contribution is 2.36. The van der Waals surface area contributed by atoms with Crippen LogP contribution >= 0.6 is 0 Å². The quantitative estimate of drug-likeness (QED) is 0.528. The highest BCUT2D eigenvalue weighted by atomic mass is 32.2. The Morgan fingerprint density at radius 3 is 2.12 bits per heavy atom. The van der Waals surface area contributed by atoms with Crippen molar-refractivity contribution in [2.45, 2.75) is 31.1 Å². The number of rotatable bonds is 3. The van der Waals surface area contributed by atoms with Crippen LogP contribution in [0.2, 0.25) is 0 Å². The lowest BCUT2D eigenvalue weighted by Crippen LogP contribution is -2.12. The van der Waals surface area contributed by atoms with Gasteiger partial charge in [0.05, 0.1) is 0 Å². The fourth-order valence-corrected chi connectivity index (χ4v) is 3.85. The van der Waals surface area contributed by atoms with Crippen molar-refractivity contribution in [3.05, 3.63) is 60.2 Å². The van der Waals surface area contributed by atoms with Gasteiger partial charge in [0, 0.05) is 10.8 Å². The third-order valence-electron chi connectivity index (χ3n) is 4.17. The molecule has 0 atom stereocenters. The molecule has 0 saturated carbocycles. The largest absolute Gasteiger partial charge is 0.504 e. The maximum Gasteiger partial charge on any atom is 0.339 e. The molecule has 0 aliphatic heterocycles. The Morgan fingerprint density at radius 1 is 0.846 bits per heavy atom. The standard InChI is InChI=1S/C20H20O5S/c1-20(2,3)13-7-9-14(10-8-13)25-26(23,24)18-6-4-5-16-15(18)11-12-17(21)19(16)22/h4-12,21-22H,1-3H3. The van der Waals surface area contributed by atoms with Gasteiger partial charge in [0.15, 0.2) is 11.5 Å². The Hall–Kier alpha value is -2.73. The lowest BCUT2D eigenvalue weighted by atomic mass is 9.87. The van der Waals surface area contributed by atoms with Crippen LogP contribution in [0, 0.1) is 0 Å². The highest BCUT2D eigenvalue weighted by Gasteiger charge is 2.22. The average molecular weight is 372 g/mol. The zero-order chi connectivity index (χ0) is 19.1. The molecule has 0 bridgehead atoms. The van der Waals surface area contributed by atoms with E-state index in [2.05, 4.69) is 20.8 Å². The second-order valence-corrected chi connectivity index (χ2v) is 8.61. The summed E-state index contributed by atoms with van der Waals surface area (Å²) in [6.45, 7) is 6.20. The molecule has 0 fully saturated rings. The van der Waals surface area contributed by atoms with E-state index in [1.807, 2.05) is 12.1 Å². The van der Waals surface area contributed by atoms with E-state index < -0.39 is 10.1 Å². The van der Waals surface area contributed by atoms with E-state index in [-0.39, 0.29) is 38.3 Å². The van der Waals surface area contributed by atoms with Crippen LogP contribution < -0.4 is 4.18 Å². The van der Waals surface area contributed by atoms with E-state index in [1.165, 1.54) is 30.3 Å². The van der Waals surface area contributed by atoms with Gasteiger partial charge in [-0.3, -0.25) is 0 Å². The molecule has 0 saturated heterocycles. The van der Waals surface area contributed by atoms with Gasteiger partial charge in [0.2, 0.25) is 0 Å². The second-order valence-electron chi connectivity index (χ2n) is 7.10. The van der Waals surface area contributed by atoms with Crippen LogP contribution in [0.25, 0.3) is 10.8 Å². The topological polar surface area (TPSA) is 83.8 Å². The van der Waals surface area contributed by atoms with Crippen LogP contribution in [0.15, 0.2) is 59.5 Å². The van der Waals surface area contributed by atoms with Gasteiger partial charge in [-0.05, 0) is 41.3 Å². The van der Waals surface area contributed by atoms with E-state index in [9.17, 15) is 18.6 Å². The molecule has 0 amide bonds. The number of phenolic OH excluding ortho intramolecular Hbond substituents is 2. The Morgan fingerprint density at radius 2 is 1.50 bits per heavy atom. The molecule has 6 heteroatoms. The molecule has 0 heterocycles. The monoisotopic (exact) mass is 372 g/mol. The Kier molecular flexibility index (Phi) is 4.32. The van der Waals surface area contributed by atoms with Gasteiger partial charge in [0.25, 0.3) is 0 Å². The first-order valence-electron chi connectivity index (χ1n) is 8.08. The minimum Gasteiger partial charge on any atom is -0.504 e. The molecule has 5 nitrogen and oxygen atoms in total. The Bertz CT molecular complexity index is 1060. The third-order valence-corrected chi connectivity index (χ3v) is 5.47. The average Bonchev–Trinajstić information content (AvgIpc) is 2.57. The molecule has 0 aliphatic carbocycles. The van der Waals surface area contributed by atoms with E-state index in [0.29, 0.717) is 0 Å². The van der Waals surface area contributed by atoms with E-state index in [1.54, 1.807) is 12.1 Å². The maximum atomic E-state index is 12.7. The summed E-state index contributed by atoms with van der Waals surface area (Å²) in [6.07, 6.45) is 0. The van der Waals surface area contributed by atoms with Crippen molar-refractivity contribution >= 4 is 20.9 Å². The summed E-state index contributed by atoms with van der Waals surface area (Å²) in [5.74, 6) is -0.474. The van der Waals surface area contributed by atoms with Gasteiger partial charge >= 0.3 is 10.1 Å². The van der Waals surface area contributed by atoms with E-state index >= 15 is 0 Å². The molecule has 26 heavy (non-hydrogen) atoms. The van der Waals surface area contributed by atoms with Crippen molar-refractivity contribution in [1.82, 2.24) is 0 Å². The smallest absolute Gasteiger partial charge is 0.339 e. The fraction of sp³-hybridized carbons (Fsp3) is 0.200. The van der Waals surface area contributed by atoms with Crippen molar-refractivity contribution in [1.29, 1.82) is 0 Å². The van der Waals surface area contributed by atoms with Crippen molar-refractivity contribution in [2.24, 2.45) is 0 Å². The van der Waals surface area contributed by atoms with Gasteiger partial charge in [0.1, 0.15) is 10.6 Å². The first kappa shape index (κ1) is 18.1. The zero-order valence-electron chi connectivity index (χ0n) is 14.7. The van der Waals surface area contributed by atoms with Crippen LogP contribution in [0.4, 0.5) is 0 Å². The van der Waals surface area contributed by atoms with Crippen LogP contribution in [0.1, 0.15) is 26.3 Å². The van der Waals surface area contributed by atoms with Crippen LogP contribution in [-0.4, -0.2) is 18.6 Å². The SMILES string of the molecule is CC(C)(C)c1ccc(OS(=O)(=O)c2cccc3c(O)c(O)ccc23)cc1. The lowest BCUT2D eigenvalue weighted by Gasteiger charge is -2.19. The van der Waals surface area contributed by atoms with Crippen molar-refractivity contribution in [3.8, 4) is 17.2 Å². The number of aromatic hydroxyl groups is 2. The summed E-state index contributed by atoms with van der Waals surface area (Å²) in [5, 5.41) is 20.1. The predicted octanol–water partition coefficient (Wildman–Crippen LogP) is 4.32. The van der Waals surface area contributed by atoms with Gasteiger partial charge in [-0.1, -0.05) is 45.0 Å². The number of hydrogen-bond donors (Lipinski definition) is 2. The molecule has 2 N–H and O–H groups in total. The summed E-state index contributed by atoms with van der Waals surface area (Å²) in [7, 11) is -4.11. The minimum absolute atomic E-state index is 0.0490. The molecule has 0 aromatic heterocycles. The minimum atomic E-state index is -4.11. The molecule has 3 aromatic rings. The molecule has 0 unspecified atom stereocenters. The first-order chi connectivity index (χ1) is 12.1. The van der Waals surface area contributed by atoms with Gasteiger partial charge in [-0.15, -0.1) is 0 Å². The predicted molar refractivity (Wildman–Crippen MR) is 100 cm³/mol. The molecule has 0 spiro atoms. The summed E-state index contributed by atoms with van der Waals surface area (Å²) in [4.78, 5) is -0.0785. The van der Waals surface area contributed by atoms with Crippen molar-refractivity contribution in [2.75, 3.05) is 0 Å². The summed E-state index contributed by atoms with van der Waals surface area (Å²) < 4.78 is 30.7. The Labute approximate surface area is 152 Å². The van der Waals surface area contributed by atoms with Gasteiger partial charge in [-0.2, -0.15) is 8.42 Å². The lowest BCUT2D eigenvalue weighted by molar-refractivity contribution is 0.408. The molecule has 3 aromatic carbocycles. The summed E-state index contributed by atoms with van der Waals surface area (Å²) >= 11 is 0. The maximum absolute atomic E-state index is 12.7. The highest BCUT2D eigenvalue weighted by molar-refractivity contribution is 7.87. The molecule has 3 rings (SSSR count). The van der Waals surface area contributed by atoms with Crippen molar-refractivity contribution in [3.63, 3.8) is 0 Å². The van der Waals surface area contributed by atoms with Gasteiger partial charge in [-0.25, -0.2) is 0 Å². The number of hydrogen-bond acceptors (Lipinski definition) is 5. The summed E-state index contributed by atoms with van der Waals surface area (Å²) in [6, 6.07) is 14.0. The number of fused-ring (bicyclic) bond motifs is 1. The fourth-order valence-electron chi connectivity index (χ4n) is 2.70. The molecule has 136 valence electrons. The molecular formula is C20H20O5S. The number of phenols is 2. The van der Waals surface area contributed by atoms with Crippen molar-refractivity contribution < 1.29 is 22.8 Å². The molecule has 0 radical (unpaired) electrons. The van der Waals surface area contributed by atoms with Crippen LogP contribution in [0.3, 0.4) is 0 Å². The normalized spacial score (nSPS) is 12.3. The first-order valence-corrected chi connectivity index (χ1v) is 9.49. The third kappa shape index (κ3) is 3.32. The van der Waals surface area contributed by atoms with Gasteiger partial charge < -0.3 is 14.4 Å². The Balaban J connectivity index is 2.01. The molecule has 0 aliphatic rings. The second kappa shape index (κ2) is 6.21. The van der Waals surface area contributed by atoms with E-state index in [4.69, 9.17) is 4.18 Å². The van der Waals surface area contributed by atoms with Crippen LogP contribution in [0.5, 0.6) is 17.2 Å².